The van der Waals surface area contributed by atoms with Gasteiger partial charge < -0.3 is 10.4 Å². The molecule has 106 valence electrons. The summed E-state index contributed by atoms with van der Waals surface area (Å²) in [5.74, 6) is -0.779. The monoisotopic (exact) mass is 274 g/mol. The second-order valence-electron chi connectivity index (χ2n) is 5.66. The van der Waals surface area contributed by atoms with Crippen LogP contribution in [0.5, 0.6) is 0 Å². The molecule has 0 bridgehead atoms. The third-order valence-electron chi connectivity index (χ3n) is 4.24. The molecular weight excluding hydrogens is 256 g/mol. The number of aliphatic carboxylic acids is 1. The number of carboxylic acid groups (broad SMARTS) is 1. The predicted molar refractivity (Wildman–Crippen MR) is 73.1 cm³/mol. The van der Waals surface area contributed by atoms with Crippen molar-refractivity contribution in [2.75, 3.05) is 19.6 Å². The van der Waals surface area contributed by atoms with E-state index in [0.717, 1.165) is 5.56 Å². The Hall–Kier alpha value is -1.88. The summed E-state index contributed by atoms with van der Waals surface area (Å²) in [6, 6.07) is 9.18. The number of benzene rings is 1. The van der Waals surface area contributed by atoms with Crippen LogP contribution in [0.25, 0.3) is 0 Å². The highest BCUT2D eigenvalue weighted by molar-refractivity contribution is 5.84. The first kappa shape index (κ1) is 13.1. The van der Waals surface area contributed by atoms with Crippen LogP contribution < -0.4 is 5.32 Å². The lowest BCUT2D eigenvalue weighted by Gasteiger charge is -2.36. The smallest absolute Gasteiger partial charge is 0.310 e. The molecule has 1 aromatic carbocycles. The maximum absolute atomic E-state index is 12.2. The molecule has 2 N–H and O–H groups in total. The molecule has 1 aliphatic heterocycles. The number of piperazine rings is 1. The van der Waals surface area contributed by atoms with Crippen molar-refractivity contribution in [3.8, 4) is 0 Å². The molecule has 1 atom stereocenters. The third-order valence-corrected chi connectivity index (χ3v) is 4.24. The number of amides is 1. The Balaban J connectivity index is 1.84. The molecule has 1 heterocycles. The van der Waals surface area contributed by atoms with Crippen LogP contribution in [0.2, 0.25) is 0 Å². The van der Waals surface area contributed by atoms with Crippen LogP contribution in [0, 0.1) is 5.41 Å². The number of hydrogen-bond acceptors (Lipinski definition) is 3. The topological polar surface area (TPSA) is 69.6 Å². The molecule has 0 aromatic heterocycles. The van der Waals surface area contributed by atoms with Gasteiger partial charge in [-0.3, -0.25) is 14.5 Å². The minimum absolute atomic E-state index is 0.0383. The van der Waals surface area contributed by atoms with Gasteiger partial charge in [-0.05, 0) is 18.4 Å². The molecule has 2 fully saturated rings. The first-order chi connectivity index (χ1) is 9.62. The summed E-state index contributed by atoms with van der Waals surface area (Å²) >= 11 is 0. The summed E-state index contributed by atoms with van der Waals surface area (Å²) < 4.78 is 0. The van der Waals surface area contributed by atoms with Gasteiger partial charge in [0.25, 0.3) is 0 Å². The van der Waals surface area contributed by atoms with Crippen molar-refractivity contribution in [1.82, 2.24) is 10.2 Å². The maximum Gasteiger partial charge on any atom is 0.310 e. The average Bonchev–Trinajstić information content (AvgIpc) is 3.21. The van der Waals surface area contributed by atoms with Crippen LogP contribution in [0.4, 0.5) is 0 Å². The molecule has 1 amide bonds. The van der Waals surface area contributed by atoms with Gasteiger partial charge in [-0.25, -0.2) is 0 Å². The molecule has 20 heavy (non-hydrogen) atoms. The zero-order valence-corrected chi connectivity index (χ0v) is 11.2. The van der Waals surface area contributed by atoms with E-state index < -0.39 is 11.4 Å². The van der Waals surface area contributed by atoms with Gasteiger partial charge in [0.2, 0.25) is 5.91 Å². The molecule has 5 nitrogen and oxygen atoms in total. The van der Waals surface area contributed by atoms with E-state index >= 15 is 0 Å². The molecule has 5 heteroatoms. The van der Waals surface area contributed by atoms with Crippen LogP contribution in [0.3, 0.4) is 0 Å². The molecular formula is C15H18N2O3. The van der Waals surface area contributed by atoms with E-state index in [1.54, 1.807) is 0 Å². The number of carbonyl (C=O) groups excluding carboxylic acids is 1. The summed E-state index contributed by atoms with van der Waals surface area (Å²) in [5, 5.41) is 12.2. The first-order valence-electron chi connectivity index (χ1n) is 6.92. The molecule has 0 spiro atoms. The third kappa shape index (κ3) is 2.29. The molecule has 1 saturated carbocycles. The van der Waals surface area contributed by atoms with Gasteiger partial charge in [0.05, 0.1) is 5.41 Å². The van der Waals surface area contributed by atoms with Crippen LogP contribution in [0.1, 0.15) is 24.4 Å². The van der Waals surface area contributed by atoms with Gasteiger partial charge in [0.15, 0.2) is 0 Å². The normalized spacial score (nSPS) is 25.0. The van der Waals surface area contributed by atoms with Crippen LogP contribution in [-0.4, -0.2) is 41.5 Å². The number of carboxylic acids is 1. The van der Waals surface area contributed by atoms with Gasteiger partial charge in [-0.15, -0.1) is 0 Å². The van der Waals surface area contributed by atoms with E-state index in [1.807, 2.05) is 35.2 Å². The summed E-state index contributed by atoms with van der Waals surface area (Å²) in [4.78, 5) is 25.5. The Morgan fingerprint density at radius 1 is 1.35 bits per heavy atom. The zero-order chi connectivity index (χ0) is 14.2. The Kier molecular flexibility index (Phi) is 3.22. The Morgan fingerprint density at radius 3 is 2.65 bits per heavy atom. The van der Waals surface area contributed by atoms with E-state index in [2.05, 4.69) is 5.32 Å². The summed E-state index contributed by atoms with van der Waals surface area (Å²) in [6.07, 6.45) is 1.42. The number of nitrogens with zero attached hydrogens (tertiary/aromatic N) is 1. The van der Waals surface area contributed by atoms with Crippen LogP contribution >= 0.6 is 0 Å². The van der Waals surface area contributed by atoms with E-state index in [-0.39, 0.29) is 11.9 Å². The van der Waals surface area contributed by atoms with Crippen LogP contribution in [0.15, 0.2) is 30.3 Å². The van der Waals surface area contributed by atoms with E-state index in [9.17, 15) is 14.7 Å². The van der Waals surface area contributed by atoms with E-state index in [0.29, 0.717) is 32.5 Å². The fourth-order valence-corrected chi connectivity index (χ4v) is 2.86. The maximum atomic E-state index is 12.2. The quantitative estimate of drug-likeness (QED) is 0.860. The highest BCUT2D eigenvalue weighted by Gasteiger charge is 2.52. The first-order valence-corrected chi connectivity index (χ1v) is 6.92. The van der Waals surface area contributed by atoms with Gasteiger partial charge in [-0.1, -0.05) is 30.3 Å². The fraction of sp³-hybridized carbons (Fsp3) is 0.467. The molecule has 2 aliphatic rings. The Labute approximate surface area is 117 Å². The standard InChI is InChI=1S/C15H18N2O3/c18-13-12(11-4-2-1-3-5-11)17(9-8-16-13)10-15(6-7-15)14(19)20/h1-5,12H,6-10H2,(H,16,18)(H,19,20). The van der Waals surface area contributed by atoms with Crippen molar-refractivity contribution in [3.63, 3.8) is 0 Å². The summed E-state index contributed by atoms with van der Waals surface area (Å²) in [5.41, 5.74) is 0.288. The fourth-order valence-electron chi connectivity index (χ4n) is 2.86. The summed E-state index contributed by atoms with van der Waals surface area (Å²) in [7, 11) is 0. The van der Waals surface area contributed by atoms with Crippen molar-refractivity contribution in [2.24, 2.45) is 5.41 Å². The second-order valence-corrected chi connectivity index (χ2v) is 5.66. The highest BCUT2D eigenvalue weighted by Crippen LogP contribution is 2.47. The van der Waals surface area contributed by atoms with Crippen molar-refractivity contribution < 1.29 is 14.7 Å². The average molecular weight is 274 g/mol. The zero-order valence-electron chi connectivity index (χ0n) is 11.2. The van der Waals surface area contributed by atoms with Gasteiger partial charge >= 0.3 is 5.97 Å². The lowest BCUT2D eigenvalue weighted by Crippen LogP contribution is -2.52. The molecule has 1 aromatic rings. The largest absolute Gasteiger partial charge is 0.481 e. The van der Waals surface area contributed by atoms with Gasteiger partial charge in [-0.2, -0.15) is 0 Å². The molecule has 1 saturated heterocycles. The Bertz CT molecular complexity index is 525. The second kappa shape index (κ2) is 4.90. The summed E-state index contributed by atoms with van der Waals surface area (Å²) in [6.45, 7) is 1.73. The van der Waals surface area contributed by atoms with Crippen LogP contribution in [-0.2, 0) is 9.59 Å². The number of rotatable bonds is 4. The van der Waals surface area contributed by atoms with Gasteiger partial charge in [0, 0.05) is 19.6 Å². The SMILES string of the molecule is O=C1NCCN(CC2(C(=O)O)CC2)C1c1ccccc1. The van der Waals surface area contributed by atoms with Gasteiger partial charge in [0.1, 0.15) is 6.04 Å². The van der Waals surface area contributed by atoms with Crippen molar-refractivity contribution >= 4 is 11.9 Å². The molecule has 1 unspecified atom stereocenters. The number of hydrogen-bond donors (Lipinski definition) is 2. The van der Waals surface area contributed by atoms with Crippen molar-refractivity contribution in [3.05, 3.63) is 35.9 Å². The van der Waals surface area contributed by atoms with Crippen molar-refractivity contribution in [2.45, 2.75) is 18.9 Å². The van der Waals surface area contributed by atoms with E-state index in [1.165, 1.54) is 0 Å². The minimum atomic E-state index is -0.740. The molecule has 0 radical (unpaired) electrons. The lowest BCUT2D eigenvalue weighted by molar-refractivity contribution is -0.146. The minimum Gasteiger partial charge on any atom is -0.481 e. The molecule has 3 rings (SSSR count). The van der Waals surface area contributed by atoms with E-state index in [4.69, 9.17) is 0 Å². The number of carbonyl (C=O) groups is 2. The lowest BCUT2D eigenvalue weighted by atomic mass is 9.99. The predicted octanol–water partition coefficient (Wildman–Crippen LogP) is 1.02. The number of nitrogens with one attached hydrogen (secondary N) is 1. The Morgan fingerprint density at radius 2 is 2.05 bits per heavy atom. The highest BCUT2D eigenvalue weighted by atomic mass is 16.4. The van der Waals surface area contributed by atoms with Crippen molar-refractivity contribution in [1.29, 1.82) is 0 Å². The molecule has 1 aliphatic carbocycles.